The number of aliphatic carboxylic acids is 1. The lowest BCUT2D eigenvalue weighted by Gasteiger charge is -2.22. The van der Waals surface area contributed by atoms with Crippen molar-refractivity contribution in [2.24, 2.45) is 0 Å². The average Bonchev–Trinajstić information content (AvgIpc) is 2.42. The number of carboxylic acids is 1. The van der Waals surface area contributed by atoms with Gasteiger partial charge in [-0.1, -0.05) is 19.8 Å². The van der Waals surface area contributed by atoms with Crippen LogP contribution >= 0.6 is 11.8 Å². The van der Waals surface area contributed by atoms with Crippen LogP contribution in [0.25, 0.3) is 0 Å². The minimum Gasteiger partial charge on any atom is -0.480 e. The molecule has 0 aliphatic carbocycles. The molecule has 0 aromatic rings. The summed E-state index contributed by atoms with van der Waals surface area (Å²) in [6.07, 6.45) is 4.42. The first-order valence-electron chi connectivity index (χ1n) is 6.98. The summed E-state index contributed by atoms with van der Waals surface area (Å²) < 4.78 is 0. The predicted molar refractivity (Wildman–Crippen MR) is 77.4 cm³/mol. The molecule has 1 saturated heterocycles. The Morgan fingerprint density at radius 1 is 1.42 bits per heavy atom. The summed E-state index contributed by atoms with van der Waals surface area (Å²) in [4.78, 5) is 22.8. The number of rotatable bonds is 8. The molecule has 0 radical (unpaired) electrons. The van der Waals surface area contributed by atoms with E-state index in [1.54, 1.807) is 11.8 Å². The Morgan fingerprint density at radius 2 is 2.11 bits per heavy atom. The number of nitrogens with one attached hydrogen (secondary N) is 2. The summed E-state index contributed by atoms with van der Waals surface area (Å²) in [6, 6.07) is -0.735. The highest BCUT2D eigenvalue weighted by Crippen LogP contribution is 2.19. The molecule has 1 atom stereocenters. The van der Waals surface area contributed by atoms with Crippen molar-refractivity contribution < 1.29 is 14.7 Å². The van der Waals surface area contributed by atoms with Crippen LogP contribution in [-0.2, 0) is 9.59 Å². The van der Waals surface area contributed by atoms with Crippen LogP contribution in [0.2, 0.25) is 0 Å². The lowest BCUT2D eigenvalue weighted by Crippen LogP contribution is -2.42. The van der Waals surface area contributed by atoms with Crippen LogP contribution in [0, 0.1) is 0 Å². The molecular weight excluding hydrogens is 264 g/mol. The van der Waals surface area contributed by atoms with Crippen LogP contribution in [0.3, 0.4) is 0 Å². The van der Waals surface area contributed by atoms with Crippen molar-refractivity contribution in [1.29, 1.82) is 0 Å². The lowest BCUT2D eigenvalue weighted by molar-refractivity contribution is -0.141. The summed E-state index contributed by atoms with van der Waals surface area (Å²) in [5.74, 6) is -0.735. The molecule has 1 fully saturated rings. The normalized spacial score (nSPS) is 17.9. The van der Waals surface area contributed by atoms with Crippen molar-refractivity contribution in [1.82, 2.24) is 10.6 Å². The monoisotopic (exact) mass is 288 g/mol. The van der Waals surface area contributed by atoms with Crippen molar-refractivity contribution in [3.63, 3.8) is 0 Å². The molecule has 1 aliphatic rings. The topological polar surface area (TPSA) is 78.4 Å². The number of carbonyl (C=O) groups is 2. The number of carboxylic acid groups (broad SMARTS) is 1. The molecule has 3 N–H and O–H groups in total. The van der Waals surface area contributed by atoms with Gasteiger partial charge >= 0.3 is 5.97 Å². The second-order valence-electron chi connectivity index (χ2n) is 4.86. The third-order valence-electron chi connectivity index (χ3n) is 3.22. The van der Waals surface area contributed by atoms with E-state index in [0.717, 1.165) is 38.8 Å². The van der Waals surface area contributed by atoms with Crippen LogP contribution in [0.1, 0.15) is 39.0 Å². The maximum Gasteiger partial charge on any atom is 0.326 e. The second kappa shape index (κ2) is 9.20. The van der Waals surface area contributed by atoms with Crippen LogP contribution in [0.5, 0.6) is 0 Å². The molecule has 110 valence electrons. The van der Waals surface area contributed by atoms with Gasteiger partial charge in [0.25, 0.3) is 0 Å². The molecule has 0 saturated carbocycles. The molecule has 1 heterocycles. The fourth-order valence-electron chi connectivity index (χ4n) is 2.06. The first-order valence-corrected chi connectivity index (χ1v) is 8.02. The van der Waals surface area contributed by atoms with E-state index < -0.39 is 12.0 Å². The molecule has 0 aromatic heterocycles. The number of thioether (sulfide) groups is 1. The van der Waals surface area contributed by atoms with Gasteiger partial charge in [-0.05, 0) is 32.4 Å². The van der Waals surface area contributed by atoms with E-state index >= 15 is 0 Å². The van der Waals surface area contributed by atoms with Crippen LogP contribution in [0.15, 0.2) is 0 Å². The van der Waals surface area contributed by atoms with Gasteiger partial charge in [0.15, 0.2) is 0 Å². The summed E-state index contributed by atoms with van der Waals surface area (Å²) in [7, 11) is 0. The van der Waals surface area contributed by atoms with Crippen LogP contribution in [0.4, 0.5) is 0 Å². The zero-order chi connectivity index (χ0) is 14.1. The van der Waals surface area contributed by atoms with Crippen molar-refractivity contribution >= 4 is 23.6 Å². The summed E-state index contributed by atoms with van der Waals surface area (Å²) in [6.45, 7) is 4.02. The standard InChI is InChI=1S/C13H24N2O3S/c1-2-3-4-11(13(17)18)15-12(16)9-19-10-5-7-14-8-6-10/h10-11,14H,2-9H2,1H3,(H,15,16)(H,17,18). The second-order valence-corrected chi connectivity index (χ2v) is 6.15. The Balaban J connectivity index is 2.25. The van der Waals surface area contributed by atoms with Gasteiger partial charge in [-0.3, -0.25) is 4.79 Å². The molecule has 1 amide bonds. The Hall–Kier alpha value is -0.750. The third kappa shape index (κ3) is 6.82. The molecule has 1 rings (SSSR count). The average molecular weight is 288 g/mol. The van der Waals surface area contributed by atoms with E-state index in [4.69, 9.17) is 5.11 Å². The zero-order valence-electron chi connectivity index (χ0n) is 11.5. The quantitative estimate of drug-likeness (QED) is 0.626. The SMILES string of the molecule is CCCCC(NC(=O)CSC1CCNCC1)C(=O)O. The fraction of sp³-hybridized carbons (Fsp3) is 0.846. The molecular formula is C13H24N2O3S. The number of hydrogen-bond donors (Lipinski definition) is 3. The summed E-state index contributed by atoms with van der Waals surface area (Å²) in [5.41, 5.74) is 0. The molecule has 0 spiro atoms. The van der Waals surface area contributed by atoms with E-state index in [1.807, 2.05) is 6.92 Å². The number of piperidine rings is 1. The van der Waals surface area contributed by atoms with Gasteiger partial charge in [0.05, 0.1) is 5.75 Å². The van der Waals surface area contributed by atoms with Crippen molar-refractivity contribution in [3.05, 3.63) is 0 Å². The Morgan fingerprint density at radius 3 is 2.68 bits per heavy atom. The maximum atomic E-state index is 11.8. The molecule has 0 bridgehead atoms. The van der Waals surface area contributed by atoms with Gasteiger partial charge in [-0.2, -0.15) is 0 Å². The van der Waals surface area contributed by atoms with Crippen molar-refractivity contribution in [2.45, 2.75) is 50.3 Å². The number of carbonyl (C=O) groups excluding carboxylic acids is 1. The van der Waals surface area contributed by atoms with Gasteiger partial charge in [-0.15, -0.1) is 11.8 Å². The Bertz CT molecular complexity index is 294. The Labute approximate surface area is 118 Å². The van der Waals surface area contributed by atoms with Crippen LogP contribution < -0.4 is 10.6 Å². The van der Waals surface area contributed by atoms with Crippen molar-refractivity contribution in [2.75, 3.05) is 18.8 Å². The molecule has 1 unspecified atom stereocenters. The molecule has 19 heavy (non-hydrogen) atoms. The van der Waals surface area contributed by atoms with E-state index in [-0.39, 0.29) is 5.91 Å². The summed E-state index contributed by atoms with van der Waals surface area (Å²) in [5, 5.41) is 15.5. The van der Waals surface area contributed by atoms with E-state index in [0.29, 0.717) is 17.4 Å². The number of hydrogen-bond acceptors (Lipinski definition) is 4. The first-order chi connectivity index (χ1) is 9.13. The van der Waals surface area contributed by atoms with E-state index in [2.05, 4.69) is 10.6 Å². The van der Waals surface area contributed by atoms with Gasteiger partial charge in [0.2, 0.25) is 5.91 Å². The molecule has 6 heteroatoms. The smallest absolute Gasteiger partial charge is 0.326 e. The third-order valence-corrected chi connectivity index (χ3v) is 4.59. The van der Waals surface area contributed by atoms with Gasteiger partial charge in [0, 0.05) is 5.25 Å². The van der Waals surface area contributed by atoms with Crippen LogP contribution in [-0.4, -0.2) is 47.1 Å². The summed E-state index contributed by atoms with van der Waals surface area (Å²) >= 11 is 1.64. The first kappa shape index (κ1) is 16.3. The number of unbranched alkanes of at least 4 members (excludes halogenated alkanes) is 1. The van der Waals surface area contributed by atoms with Gasteiger partial charge in [-0.25, -0.2) is 4.79 Å². The fourth-order valence-corrected chi connectivity index (χ4v) is 3.10. The maximum absolute atomic E-state index is 11.8. The van der Waals surface area contributed by atoms with Gasteiger partial charge in [0.1, 0.15) is 6.04 Å². The largest absolute Gasteiger partial charge is 0.480 e. The van der Waals surface area contributed by atoms with E-state index in [9.17, 15) is 9.59 Å². The predicted octanol–water partition coefficient (Wildman–Crippen LogP) is 1.23. The molecule has 1 aliphatic heterocycles. The molecule has 5 nitrogen and oxygen atoms in total. The zero-order valence-corrected chi connectivity index (χ0v) is 12.3. The molecule has 0 aromatic carbocycles. The van der Waals surface area contributed by atoms with Gasteiger partial charge < -0.3 is 15.7 Å². The minimum atomic E-state index is -0.936. The van der Waals surface area contributed by atoms with E-state index in [1.165, 1.54) is 0 Å². The lowest BCUT2D eigenvalue weighted by atomic mass is 10.1. The highest BCUT2D eigenvalue weighted by molar-refractivity contribution is 8.00. The highest BCUT2D eigenvalue weighted by atomic mass is 32.2. The van der Waals surface area contributed by atoms with Crippen molar-refractivity contribution in [3.8, 4) is 0 Å². The highest BCUT2D eigenvalue weighted by Gasteiger charge is 2.20. The Kier molecular flexibility index (Phi) is 7.90. The minimum absolute atomic E-state index is 0.160. The number of amides is 1.